The summed E-state index contributed by atoms with van der Waals surface area (Å²) < 4.78 is 39.4. The molecule has 55 heavy (non-hydrogen) atoms. The molecule has 2 aliphatic rings. The number of hydrogen-bond acceptors (Lipinski definition) is 10. The molecule has 5 rings (SSSR count). The van der Waals surface area contributed by atoms with E-state index in [2.05, 4.69) is 17.5 Å². The molecule has 0 aliphatic carbocycles. The summed E-state index contributed by atoms with van der Waals surface area (Å²) in [5.41, 5.74) is 2.48. The van der Waals surface area contributed by atoms with E-state index in [1.807, 2.05) is 30.3 Å². The lowest BCUT2D eigenvalue weighted by Crippen LogP contribution is -2.67. The molecule has 12 heteroatoms. The van der Waals surface area contributed by atoms with Crippen molar-refractivity contribution in [2.24, 2.45) is 0 Å². The van der Waals surface area contributed by atoms with Crippen molar-refractivity contribution in [3.63, 3.8) is 0 Å². The van der Waals surface area contributed by atoms with Crippen LogP contribution in [-0.4, -0.2) is 121 Å². The molecule has 4 atom stereocenters. The van der Waals surface area contributed by atoms with Crippen molar-refractivity contribution in [3.8, 4) is 34.5 Å². The van der Waals surface area contributed by atoms with Crippen LogP contribution in [0.2, 0.25) is 0 Å². The van der Waals surface area contributed by atoms with Gasteiger partial charge in [-0.3, -0.25) is 4.90 Å². The number of carbonyl (C=O) groups is 2. The Hall–Kier alpha value is -4.78. The number of aryl methyl sites for hydroxylation is 1. The van der Waals surface area contributed by atoms with Gasteiger partial charge >= 0.3 is 11.9 Å². The van der Waals surface area contributed by atoms with Gasteiger partial charge in [-0.1, -0.05) is 24.3 Å². The Labute approximate surface area is 325 Å². The molecule has 0 saturated carbocycles. The van der Waals surface area contributed by atoms with Crippen molar-refractivity contribution in [3.05, 3.63) is 83.9 Å². The number of morpholine rings is 1. The number of hydrogen-bond donors (Lipinski definition) is 1. The van der Waals surface area contributed by atoms with E-state index in [0.717, 1.165) is 49.7 Å². The lowest BCUT2D eigenvalue weighted by atomic mass is 9.79. The molecule has 0 bridgehead atoms. The van der Waals surface area contributed by atoms with Crippen LogP contribution in [0.15, 0.2) is 67.3 Å². The Morgan fingerprint density at radius 2 is 1.64 bits per heavy atom. The zero-order valence-corrected chi connectivity index (χ0v) is 32.9. The number of carbonyl (C=O) groups excluding carboxylic acids is 1. The number of piperidine rings is 1. The third-order valence-corrected chi connectivity index (χ3v) is 11.0. The Morgan fingerprint density at radius 1 is 0.927 bits per heavy atom. The van der Waals surface area contributed by atoms with Gasteiger partial charge in [0.25, 0.3) is 0 Å². The van der Waals surface area contributed by atoms with Crippen LogP contribution in [0.25, 0.3) is 0 Å². The zero-order chi connectivity index (χ0) is 39.4. The summed E-state index contributed by atoms with van der Waals surface area (Å²) in [7, 11) is 7.71. The van der Waals surface area contributed by atoms with Gasteiger partial charge in [-0.05, 0) is 78.8 Å². The van der Waals surface area contributed by atoms with Gasteiger partial charge in [0.05, 0.1) is 61.9 Å². The highest BCUT2D eigenvalue weighted by atomic mass is 16.5. The average molecular weight is 762 g/mol. The molecule has 0 radical (unpaired) electrons. The molecule has 0 spiro atoms. The van der Waals surface area contributed by atoms with Gasteiger partial charge in [0.2, 0.25) is 11.8 Å². The maximum Gasteiger partial charge on any atom is 0.363 e. The normalized spacial score (nSPS) is 20.5. The SMILES string of the molecule is C=CC[C@H](C(=O)[N@+]1(CCCc2cccc(OCCN3CCOCC3)c2)CCCC(c2ccc(OC)c(OC)c2)[C@@H]1C(=O)O)c1cc(OC)c(OC)c(OC)c1. The van der Waals surface area contributed by atoms with Gasteiger partial charge < -0.3 is 38.3 Å². The van der Waals surface area contributed by atoms with Gasteiger partial charge in [0, 0.05) is 32.0 Å². The molecule has 2 saturated heterocycles. The molecule has 2 aliphatic heterocycles. The number of methoxy groups -OCH3 is 5. The molecule has 298 valence electrons. The summed E-state index contributed by atoms with van der Waals surface area (Å²) in [6.45, 7) is 9.38. The number of amides is 1. The highest BCUT2D eigenvalue weighted by molar-refractivity contribution is 5.83. The van der Waals surface area contributed by atoms with Gasteiger partial charge in [-0.25, -0.2) is 14.1 Å². The predicted octanol–water partition coefficient (Wildman–Crippen LogP) is 6.11. The van der Waals surface area contributed by atoms with E-state index in [4.69, 9.17) is 33.2 Å². The number of allylic oxidation sites excluding steroid dienone is 1. The summed E-state index contributed by atoms with van der Waals surface area (Å²) in [6, 6.07) is 16.0. The molecule has 3 aromatic rings. The minimum atomic E-state index is -1.07. The van der Waals surface area contributed by atoms with E-state index >= 15 is 4.79 Å². The third-order valence-electron chi connectivity index (χ3n) is 11.0. The first-order valence-corrected chi connectivity index (χ1v) is 19.0. The van der Waals surface area contributed by atoms with Crippen LogP contribution in [0.1, 0.15) is 54.2 Å². The number of benzene rings is 3. The molecule has 0 aromatic heterocycles. The zero-order valence-electron chi connectivity index (χ0n) is 32.9. The molecule has 1 unspecified atom stereocenters. The Kier molecular flexibility index (Phi) is 14.8. The summed E-state index contributed by atoms with van der Waals surface area (Å²) >= 11 is 0. The molecule has 2 heterocycles. The first-order valence-electron chi connectivity index (χ1n) is 19.0. The maximum absolute atomic E-state index is 15.5. The van der Waals surface area contributed by atoms with E-state index < -0.39 is 23.8 Å². The number of likely N-dealkylation sites (tertiary alicyclic amines) is 1. The van der Waals surface area contributed by atoms with Crippen LogP contribution in [0.4, 0.5) is 0 Å². The molecule has 1 N–H and O–H groups in total. The van der Waals surface area contributed by atoms with Crippen LogP contribution in [-0.2, 0) is 20.7 Å². The number of ether oxygens (including phenoxy) is 7. The molecule has 2 fully saturated rings. The molecule has 1 amide bonds. The third kappa shape index (κ3) is 9.55. The number of carboxylic acid groups (broad SMARTS) is 1. The number of nitrogens with zero attached hydrogens (tertiary/aromatic N) is 2. The topological polar surface area (TPSA) is 122 Å². The molecule has 3 aromatic carbocycles. The Balaban J connectivity index is 1.50. The van der Waals surface area contributed by atoms with E-state index in [0.29, 0.717) is 79.7 Å². The fourth-order valence-electron chi connectivity index (χ4n) is 8.29. The van der Waals surface area contributed by atoms with E-state index in [-0.39, 0.29) is 16.8 Å². The van der Waals surface area contributed by atoms with Crippen molar-refractivity contribution in [1.82, 2.24) is 4.90 Å². The number of rotatable bonds is 19. The first kappa shape index (κ1) is 41.4. The Bertz CT molecular complexity index is 1730. The summed E-state index contributed by atoms with van der Waals surface area (Å²) in [5.74, 6) is 0.655. The fourth-order valence-corrected chi connectivity index (χ4v) is 8.29. The number of quaternary nitrogens is 1. The standard InChI is InChI=1S/C43H56N2O10/c1-7-11-35(32-28-38(51-4)41(53-6)39(29-32)52-5)42(46)45(21-9-13-30-12-8-14-33(26-30)55-25-20-44-18-23-54-24-19-44)22-10-15-34(40(45)43(47)48)31-16-17-36(49-2)37(27-31)50-3/h7-8,12,14,16-17,26-29,34-35,40H,1,9-11,13,15,18-25H2,2-6H3/p+1/t34?,35-,40+,45+/m0/s1. The fraction of sp³-hybridized carbons (Fsp3) is 0.488. The molecule has 12 nitrogen and oxygen atoms in total. The van der Waals surface area contributed by atoms with Crippen molar-refractivity contribution in [2.75, 3.05) is 88.1 Å². The largest absolute Gasteiger partial charge is 0.493 e. The summed E-state index contributed by atoms with van der Waals surface area (Å²) in [6.07, 6.45) is 4.45. The van der Waals surface area contributed by atoms with Gasteiger partial charge in [0.1, 0.15) is 18.3 Å². The van der Waals surface area contributed by atoms with Crippen molar-refractivity contribution in [1.29, 1.82) is 0 Å². The monoisotopic (exact) mass is 761 g/mol. The second-order valence-electron chi connectivity index (χ2n) is 14.1. The van der Waals surface area contributed by atoms with Gasteiger partial charge in [-0.15, -0.1) is 6.58 Å². The second-order valence-corrected chi connectivity index (χ2v) is 14.1. The first-order chi connectivity index (χ1) is 26.7. The summed E-state index contributed by atoms with van der Waals surface area (Å²) in [5, 5.41) is 11.2. The second kappa shape index (κ2) is 19.7. The van der Waals surface area contributed by atoms with Crippen LogP contribution in [0.5, 0.6) is 34.5 Å². The number of carboxylic acids is 1. The van der Waals surface area contributed by atoms with Crippen molar-refractivity contribution < 1.29 is 52.3 Å². The van der Waals surface area contributed by atoms with Gasteiger partial charge in [-0.2, -0.15) is 0 Å². The lowest BCUT2D eigenvalue weighted by Gasteiger charge is -2.48. The quantitative estimate of drug-likeness (QED) is 0.113. The summed E-state index contributed by atoms with van der Waals surface area (Å²) in [4.78, 5) is 31.5. The maximum atomic E-state index is 15.5. The van der Waals surface area contributed by atoms with E-state index in [9.17, 15) is 9.90 Å². The van der Waals surface area contributed by atoms with Crippen LogP contribution in [0, 0.1) is 0 Å². The minimum absolute atomic E-state index is 0.188. The predicted molar refractivity (Wildman–Crippen MR) is 209 cm³/mol. The molecular formula is C43H57N2O10+. The average Bonchev–Trinajstić information content (AvgIpc) is 3.22. The van der Waals surface area contributed by atoms with E-state index in [1.165, 1.54) is 21.3 Å². The van der Waals surface area contributed by atoms with Gasteiger partial charge in [0.15, 0.2) is 23.0 Å². The van der Waals surface area contributed by atoms with Crippen molar-refractivity contribution in [2.45, 2.75) is 50.0 Å². The number of aliphatic carboxylic acids is 1. The highest BCUT2D eigenvalue weighted by Crippen LogP contribution is 2.46. The van der Waals surface area contributed by atoms with Crippen LogP contribution < -0.4 is 28.4 Å². The lowest BCUT2D eigenvalue weighted by molar-refractivity contribution is -0.879. The highest BCUT2D eigenvalue weighted by Gasteiger charge is 2.56. The smallest absolute Gasteiger partial charge is 0.363 e. The van der Waals surface area contributed by atoms with E-state index in [1.54, 1.807) is 38.5 Å². The minimum Gasteiger partial charge on any atom is -0.493 e. The van der Waals surface area contributed by atoms with Crippen molar-refractivity contribution >= 4 is 11.9 Å². The van der Waals surface area contributed by atoms with Crippen LogP contribution in [0.3, 0.4) is 0 Å². The Morgan fingerprint density at radius 3 is 2.27 bits per heavy atom. The van der Waals surface area contributed by atoms with Crippen LogP contribution >= 0.6 is 0 Å². The molecular weight excluding hydrogens is 704 g/mol.